The number of rotatable bonds is 6. The van der Waals surface area contributed by atoms with Gasteiger partial charge in [0.05, 0.1) is 0 Å². The molecule has 2 unspecified atom stereocenters. The zero-order valence-electron chi connectivity index (χ0n) is 14.0. The molecule has 2 nitrogen and oxygen atoms in total. The van der Waals surface area contributed by atoms with E-state index in [0.29, 0.717) is 11.5 Å². The van der Waals surface area contributed by atoms with Gasteiger partial charge in [-0.3, -0.25) is 0 Å². The lowest BCUT2D eigenvalue weighted by atomic mass is 9.77. The van der Waals surface area contributed by atoms with E-state index >= 15 is 0 Å². The predicted molar refractivity (Wildman–Crippen MR) is 85.6 cm³/mol. The van der Waals surface area contributed by atoms with Crippen LogP contribution in [-0.2, 0) is 0 Å². The zero-order chi connectivity index (χ0) is 14.3. The van der Waals surface area contributed by atoms with Crippen LogP contribution in [0.5, 0.6) is 0 Å². The molecule has 0 amide bonds. The fourth-order valence-corrected chi connectivity index (χ4v) is 3.41. The third-order valence-electron chi connectivity index (χ3n) is 4.65. The van der Waals surface area contributed by atoms with Gasteiger partial charge in [-0.1, -0.05) is 41.0 Å². The summed E-state index contributed by atoms with van der Waals surface area (Å²) in [6, 6.07) is 0.696. The Kier molecular flexibility index (Phi) is 7.38. The molecular formula is C17H36N2. The van der Waals surface area contributed by atoms with Crippen molar-refractivity contribution in [2.24, 2.45) is 11.3 Å². The highest BCUT2D eigenvalue weighted by Crippen LogP contribution is 2.34. The fraction of sp³-hybridized carbons (Fsp3) is 1.00. The van der Waals surface area contributed by atoms with Gasteiger partial charge in [0.1, 0.15) is 0 Å². The molecule has 0 bridgehead atoms. The van der Waals surface area contributed by atoms with Crippen LogP contribution in [-0.4, -0.2) is 37.1 Å². The van der Waals surface area contributed by atoms with Gasteiger partial charge in [-0.2, -0.15) is 0 Å². The predicted octanol–water partition coefficient (Wildman–Crippen LogP) is 3.91. The molecule has 1 saturated heterocycles. The first-order valence-corrected chi connectivity index (χ1v) is 8.43. The second-order valence-electron chi connectivity index (χ2n) is 7.34. The number of hydrogen-bond acceptors (Lipinski definition) is 2. The molecule has 0 aliphatic carbocycles. The molecule has 1 aliphatic heterocycles. The highest BCUT2D eigenvalue weighted by Gasteiger charge is 2.27. The Morgan fingerprint density at radius 1 is 1.16 bits per heavy atom. The Morgan fingerprint density at radius 2 is 1.89 bits per heavy atom. The molecule has 1 heterocycles. The van der Waals surface area contributed by atoms with E-state index in [1.165, 1.54) is 51.7 Å². The largest absolute Gasteiger partial charge is 0.313 e. The minimum atomic E-state index is 0.487. The van der Waals surface area contributed by atoms with Crippen LogP contribution in [0.25, 0.3) is 0 Å². The topological polar surface area (TPSA) is 15.3 Å². The van der Waals surface area contributed by atoms with Crippen molar-refractivity contribution in [2.45, 2.75) is 72.8 Å². The summed E-state index contributed by atoms with van der Waals surface area (Å²) < 4.78 is 0. The molecule has 2 atom stereocenters. The summed E-state index contributed by atoms with van der Waals surface area (Å²) in [5.74, 6) is 0.904. The normalized spacial score (nSPS) is 24.2. The molecule has 0 aromatic carbocycles. The molecule has 1 fully saturated rings. The van der Waals surface area contributed by atoms with E-state index in [0.717, 1.165) is 12.5 Å². The van der Waals surface area contributed by atoms with Gasteiger partial charge < -0.3 is 10.2 Å². The van der Waals surface area contributed by atoms with Gasteiger partial charge in [0.25, 0.3) is 0 Å². The van der Waals surface area contributed by atoms with Crippen molar-refractivity contribution in [3.8, 4) is 0 Å². The Morgan fingerprint density at radius 3 is 2.47 bits per heavy atom. The van der Waals surface area contributed by atoms with Crippen LogP contribution in [0.1, 0.15) is 66.7 Å². The molecule has 0 saturated carbocycles. The van der Waals surface area contributed by atoms with E-state index in [1.54, 1.807) is 0 Å². The Labute approximate surface area is 121 Å². The quantitative estimate of drug-likeness (QED) is 0.785. The molecule has 0 radical (unpaired) electrons. The maximum atomic E-state index is 3.65. The number of hydrogen-bond donors (Lipinski definition) is 1. The van der Waals surface area contributed by atoms with E-state index in [4.69, 9.17) is 0 Å². The van der Waals surface area contributed by atoms with Crippen LogP contribution in [0.3, 0.4) is 0 Å². The van der Waals surface area contributed by atoms with Gasteiger partial charge in [0.15, 0.2) is 0 Å². The van der Waals surface area contributed by atoms with E-state index < -0.39 is 0 Å². The minimum absolute atomic E-state index is 0.487. The molecule has 1 N–H and O–H groups in total. The number of likely N-dealkylation sites (tertiary alicyclic amines) is 1. The summed E-state index contributed by atoms with van der Waals surface area (Å²) in [6.07, 6.45) is 6.78. The first-order valence-electron chi connectivity index (χ1n) is 8.43. The average Bonchev–Trinajstić information content (AvgIpc) is 2.54. The van der Waals surface area contributed by atoms with Crippen LogP contribution >= 0.6 is 0 Å². The fourth-order valence-electron chi connectivity index (χ4n) is 3.41. The van der Waals surface area contributed by atoms with Gasteiger partial charge in [-0.25, -0.2) is 0 Å². The standard InChI is InChI=1S/C17H36N2/c1-6-9-16(18-7-2)14-19-12-8-10-15(11-13-19)17(3,4)5/h15-16,18H,6-14H2,1-5H3. The molecule has 19 heavy (non-hydrogen) atoms. The van der Waals surface area contributed by atoms with E-state index in [1.807, 2.05) is 0 Å². The van der Waals surface area contributed by atoms with E-state index in [2.05, 4.69) is 44.8 Å². The SMILES string of the molecule is CCCC(CN1CCCC(C(C)(C)C)CC1)NCC. The first kappa shape index (κ1) is 17.0. The lowest BCUT2D eigenvalue weighted by Gasteiger charge is -2.30. The molecule has 0 aromatic rings. The Bertz CT molecular complexity index is 226. The number of nitrogens with zero attached hydrogens (tertiary/aromatic N) is 1. The number of likely N-dealkylation sites (N-methyl/N-ethyl adjacent to an activating group) is 1. The van der Waals surface area contributed by atoms with Crippen LogP contribution < -0.4 is 5.32 Å². The Hall–Kier alpha value is -0.0800. The monoisotopic (exact) mass is 268 g/mol. The third kappa shape index (κ3) is 6.27. The first-order chi connectivity index (χ1) is 8.97. The van der Waals surface area contributed by atoms with Gasteiger partial charge >= 0.3 is 0 Å². The summed E-state index contributed by atoms with van der Waals surface area (Å²) in [4.78, 5) is 2.70. The van der Waals surface area contributed by atoms with Crippen LogP contribution in [0.2, 0.25) is 0 Å². The maximum absolute atomic E-state index is 3.65. The molecule has 114 valence electrons. The summed E-state index contributed by atoms with van der Waals surface area (Å²) in [5, 5.41) is 3.65. The van der Waals surface area contributed by atoms with Crippen molar-refractivity contribution in [3.05, 3.63) is 0 Å². The van der Waals surface area contributed by atoms with Gasteiger partial charge in [0, 0.05) is 12.6 Å². The maximum Gasteiger partial charge on any atom is 0.0194 e. The lowest BCUT2D eigenvalue weighted by Crippen LogP contribution is -2.41. The summed E-state index contributed by atoms with van der Waals surface area (Å²) in [6.45, 7) is 16.7. The lowest BCUT2D eigenvalue weighted by molar-refractivity contribution is 0.201. The zero-order valence-corrected chi connectivity index (χ0v) is 14.0. The van der Waals surface area contributed by atoms with Crippen molar-refractivity contribution in [1.82, 2.24) is 10.2 Å². The molecule has 2 heteroatoms. The minimum Gasteiger partial charge on any atom is -0.313 e. The van der Waals surface area contributed by atoms with E-state index in [9.17, 15) is 0 Å². The van der Waals surface area contributed by atoms with Crippen LogP contribution in [0, 0.1) is 11.3 Å². The highest BCUT2D eigenvalue weighted by molar-refractivity contribution is 4.80. The second kappa shape index (κ2) is 8.26. The smallest absolute Gasteiger partial charge is 0.0194 e. The highest BCUT2D eigenvalue weighted by atomic mass is 15.1. The summed E-state index contributed by atoms with van der Waals surface area (Å²) in [7, 11) is 0. The molecule has 0 spiro atoms. The number of nitrogens with one attached hydrogen (secondary N) is 1. The molecule has 1 aliphatic rings. The van der Waals surface area contributed by atoms with Gasteiger partial charge in [0.2, 0.25) is 0 Å². The third-order valence-corrected chi connectivity index (χ3v) is 4.65. The van der Waals surface area contributed by atoms with Crippen LogP contribution in [0.4, 0.5) is 0 Å². The van der Waals surface area contributed by atoms with Crippen molar-refractivity contribution in [1.29, 1.82) is 0 Å². The van der Waals surface area contributed by atoms with Gasteiger partial charge in [-0.15, -0.1) is 0 Å². The second-order valence-corrected chi connectivity index (χ2v) is 7.34. The van der Waals surface area contributed by atoms with Crippen molar-refractivity contribution in [2.75, 3.05) is 26.2 Å². The van der Waals surface area contributed by atoms with Crippen molar-refractivity contribution >= 4 is 0 Å². The average molecular weight is 268 g/mol. The van der Waals surface area contributed by atoms with E-state index in [-0.39, 0.29) is 0 Å². The van der Waals surface area contributed by atoms with Crippen molar-refractivity contribution in [3.63, 3.8) is 0 Å². The molecule has 1 rings (SSSR count). The molecule has 0 aromatic heterocycles. The summed E-state index contributed by atoms with van der Waals surface area (Å²) >= 11 is 0. The molecular weight excluding hydrogens is 232 g/mol. The Balaban J connectivity index is 2.43. The van der Waals surface area contributed by atoms with Crippen molar-refractivity contribution < 1.29 is 0 Å². The van der Waals surface area contributed by atoms with Gasteiger partial charge in [-0.05, 0) is 56.7 Å². The van der Waals surface area contributed by atoms with Crippen LogP contribution in [0.15, 0.2) is 0 Å². The summed E-state index contributed by atoms with van der Waals surface area (Å²) in [5.41, 5.74) is 0.487.